The third-order valence-corrected chi connectivity index (χ3v) is 4.56. The molecule has 2 N–H and O–H groups in total. The highest BCUT2D eigenvalue weighted by molar-refractivity contribution is 6.03. The van der Waals surface area contributed by atoms with Crippen LogP contribution in [0.5, 0.6) is 0 Å². The van der Waals surface area contributed by atoms with Crippen molar-refractivity contribution >= 4 is 35.0 Å². The molecule has 0 bridgehead atoms. The van der Waals surface area contributed by atoms with E-state index in [1.165, 1.54) is 17.0 Å². The van der Waals surface area contributed by atoms with Crippen LogP contribution in [0.4, 0.5) is 26.2 Å². The van der Waals surface area contributed by atoms with Crippen molar-refractivity contribution in [2.45, 2.75) is 20.3 Å². The largest absolute Gasteiger partial charge is 0.449 e. The first kappa shape index (κ1) is 21.3. The van der Waals surface area contributed by atoms with Crippen molar-refractivity contribution in [3.63, 3.8) is 0 Å². The molecule has 158 valence electrons. The van der Waals surface area contributed by atoms with Crippen LogP contribution in [0.1, 0.15) is 20.3 Å². The standard InChI is InChI=1S/C22H24FN3O4/c1-14(2)13-30-22(29)25-17-7-5-6-16(11-17)24-21(28)15-10-20(27)26(12-15)19-9-4-3-8-18(19)23/h3-9,11,14-15H,10,12-13H2,1-2H3,(H,24,28)(H,25,29). The average Bonchev–Trinajstić information content (AvgIpc) is 3.09. The molecule has 3 rings (SSSR count). The van der Waals surface area contributed by atoms with Crippen LogP contribution in [0.3, 0.4) is 0 Å². The van der Waals surface area contributed by atoms with E-state index < -0.39 is 17.8 Å². The van der Waals surface area contributed by atoms with Crippen LogP contribution >= 0.6 is 0 Å². The van der Waals surface area contributed by atoms with Gasteiger partial charge in [-0.1, -0.05) is 32.0 Å². The highest BCUT2D eigenvalue weighted by atomic mass is 19.1. The number of nitrogens with zero attached hydrogens (tertiary/aromatic N) is 1. The van der Waals surface area contributed by atoms with Crippen LogP contribution in [0, 0.1) is 17.7 Å². The summed E-state index contributed by atoms with van der Waals surface area (Å²) in [4.78, 5) is 38.0. The van der Waals surface area contributed by atoms with Gasteiger partial charge in [0.1, 0.15) is 5.82 Å². The molecule has 7 nitrogen and oxygen atoms in total. The Hall–Kier alpha value is -3.42. The lowest BCUT2D eigenvalue weighted by atomic mass is 10.1. The van der Waals surface area contributed by atoms with Gasteiger partial charge in [0.05, 0.1) is 18.2 Å². The van der Waals surface area contributed by atoms with Gasteiger partial charge in [0.25, 0.3) is 0 Å². The molecule has 1 atom stereocenters. The topological polar surface area (TPSA) is 87.7 Å². The van der Waals surface area contributed by atoms with Crippen LogP contribution in [-0.2, 0) is 14.3 Å². The lowest BCUT2D eigenvalue weighted by Crippen LogP contribution is -2.28. The lowest BCUT2D eigenvalue weighted by molar-refractivity contribution is -0.122. The molecule has 0 radical (unpaired) electrons. The maximum atomic E-state index is 14.0. The van der Waals surface area contributed by atoms with Gasteiger partial charge in [-0.25, -0.2) is 9.18 Å². The second-order valence-corrected chi connectivity index (χ2v) is 7.54. The summed E-state index contributed by atoms with van der Waals surface area (Å²) < 4.78 is 19.1. The molecule has 0 spiro atoms. The Morgan fingerprint density at radius 1 is 1.13 bits per heavy atom. The van der Waals surface area contributed by atoms with Crippen LogP contribution in [0.15, 0.2) is 48.5 Å². The molecular formula is C22H24FN3O4. The Morgan fingerprint density at radius 2 is 1.83 bits per heavy atom. The van der Waals surface area contributed by atoms with Crippen molar-refractivity contribution in [3.05, 3.63) is 54.3 Å². The third kappa shape index (κ3) is 5.34. The number of amides is 3. The fourth-order valence-corrected chi connectivity index (χ4v) is 3.10. The zero-order chi connectivity index (χ0) is 21.7. The number of nitrogens with one attached hydrogen (secondary N) is 2. The Balaban J connectivity index is 1.60. The van der Waals surface area contributed by atoms with Gasteiger partial charge in [-0.2, -0.15) is 0 Å². The Bertz CT molecular complexity index is 947. The summed E-state index contributed by atoms with van der Waals surface area (Å²) in [6.07, 6.45) is -0.575. The van der Waals surface area contributed by atoms with Crippen molar-refractivity contribution in [2.24, 2.45) is 11.8 Å². The normalized spacial score (nSPS) is 15.9. The minimum atomic E-state index is -0.607. The maximum absolute atomic E-state index is 14.0. The fraction of sp³-hybridized carbons (Fsp3) is 0.318. The molecule has 1 fully saturated rings. The number of halogens is 1. The predicted octanol–water partition coefficient (Wildman–Crippen LogP) is 4.02. The Kier molecular flexibility index (Phi) is 6.66. The first-order chi connectivity index (χ1) is 14.3. The number of carbonyl (C=O) groups excluding carboxylic acids is 3. The van der Waals surface area contributed by atoms with Crippen molar-refractivity contribution in [3.8, 4) is 0 Å². The van der Waals surface area contributed by atoms with Crippen molar-refractivity contribution < 1.29 is 23.5 Å². The molecule has 1 heterocycles. The van der Waals surface area contributed by atoms with Crippen molar-refractivity contribution in [2.75, 3.05) is 28.7 Å². The summed E-state index contributed by atoms with van der Waals surface area (Å²) in [7, 11) is 0. The lowest BCUT2D eigenvalue weighted by Gasteiger charge is -2.17. The summed E-state index contributed by atoms with van der Waals surface area (Å²) in [5.41, 5.74) is 1.11. The number of hydrogen-bond acceptors (Lipinski definition) is 4. The molecule has 1 aliphatic heterocycles. The highest BCUT2D eigenvalue weighted by Gasteiger charge is 2.36. The van der Waals surface area contributed by atoms with Gasteiger partial charge >= 0.3 is 6.09 Å². The van der Waals surface area contributed by atoms with E-state index in [9.17, 15) is 18.8 Å². The number of ether oxygens (including phenoxy) is 1. The number of para-hydroxylation sites is 1. The van der Waals surface area contributed by atoms with E-state index >= 15 is 0 Å². The van der Waals surface area contributed by atoms with Gasteiger partial charge in [-0.15, -0.1) is 0 Å². The summed E-state index contributed by atoms with van der Waals surface area (Å²) >= 11 is 0. The van der Waals surface area contributed by atoms with Gasteiger partial charge in [0.2, 0.25) is 11.8 Å². The zero-order valence-corrected chi connectivity index (χ0v) is 16.9. The Morgan fingerprint density at radius 3 is 2.53 bits per heavy atom. The van der Waals surface area contributed by atoms with Crippen LogP contribution in [-0.4, -0.2) is 31.1 Å². The zero-order valence-electron chi connectivity index (χ0n) is 16.9. The molecule has 0 aliphatic carbocycles. The third-order valence-electron chi connectivity index (χ3n) is 4.56. The van der Waals surface area contributed by atoms with Gasteiger partial charge in [0, 0.05) is 24.3 Å². The molecule has 0 aromatic heterocycles. The van der Waals surface area contributed by atoms with E-state index in [4.69, 9.17) is 4.74 Å². The minimum absolute atomic E-state index is 0.000361. The van der Waals surface area contributed by atoms with Crippen molar-refractivity contribution in [1.29, 1.82) is 0 Å². The first-order valence-corrected chi connectivity index (χ1v) is 9.73. The van der Waals surface area contributed by atoms with Gasteiger partial charge in [-0.3, -0.25) is 14.9 Å². The second kappa shape index (κ2) is 9.39. The quantitative estimate of drug-likeness (QED) is 0.749. The first-order valence-electron chi connectivity index (χ1n) is 9.73. The number of hydrogen-bond donors (Lipinski definition) is 2. The van der Waals surface area contributed by atoms with Crippen LogP contribution < -0.4 is 15.5 Å². The molecule has 1 saturated heterocycles. The Labute approximate surface area is 174 Å². The smallest absolute Gasteiger partial charge is 0.411 e. The highest BCUT2D eigenvalue weighted by Crippen LogP contribution is 2.28. The average molecular weight is 413 g/mol. The summed E-state index contributed by atoms with van der Waals surface area (Å²) in [6, 6.07) is 12.6. The van der Waals surface area contributed by atoms with E-state index in [2.05, 4.69) is 10.6 Å². The molecule has 2 aromatic carbocycles. The van der Waals surface area contributed by atoms with Gasteiger partial charge in [0.15, 0.2) is 0 Å². The van der Waals surface area contributed by atoms with Crippen LogP contribution in [0.2, 0.25) is 0 Å². The van der Waals surface area contributed by atoms with E-state index in [1.807, 2.05) is 13.8 Å². The number of anilines is 3. The molecule has 1 unspecified atom stereocenters. The predicted molar refractivity (Wildman–Crippen MR) is 112 cm³/mol. The number of benzene rings is 2. The number of rotatable bonds is 6. The molecular weight excluding hydrogens is 389 g/mol. The minimum Gasteiger partial charge on any atom is -0.449 e. The van der Waals surface area contributed by atoms with Crippen LogP contribution in [0.25, 0.3) is 0 Å². The fourth-order valence-electron chi connectivity index (χ4n) is 3.10. The van der Waals surface area contributed by atoms with Gasteiger partial charge in [-0.05, 0) is 36.2 Å². The summed E-state index contributed by atoms with van der Waals surface area (Å²) in [5, 5.41) is 5.36. The number of carbonyl (C=O) groups is 3. The van der Waals surface area contributed by atoms with Gasteiger partial charge < -0.3 is 15.0 Å². The van der Waals surface area contributed by atoms with E-state index in [1.54, 1.807) is 36.4 Å². The molecule has 30 heavy (non-hydrogen) atoms. The van der Waals surface area contributed by atoms with Crippen molar-refractivity contribution in [1.82, 2.24) is 0 Å². The van der Waals surface area contributed by atoms with E-state index in [0.717, 1.165) is 0 Å². The summed E-state index contributed by atoms with van der Waals surface area (Å²) in [5.74, 6) is -1.54. The molecule has 1 aliphatic rings. The molecule has 3 amide bonds. The maximum Gasteiger partial charge on any atom is 0.411 e. The molecule has 8 heteroatoms. The van der Waals surface area contributed by atoms with E-state index in [0.29, 0.717) is 18.0 Å². The van der Waals surface area contributed by atoms with E-state index in [-0.39, 0.29) is 36.4 Å². The monoisotopic (exact) mass is 413 g/mol. The summed E-state index contributed by atoms with van der Waals surface area (Å²) in [6.45, 7) is 4.27. The SMILES string of the molecule is CC(C)COC(=O)Nc1cccc(NC(=O)C2CC(=O)N(c3ccccc3F)C2)c1. The second-order valence-electron chi connectivity index (χ2n) is 7.54. The molecule has 0 saturated carbocycles. The molecule has 2 aromatic rings.